The second-order valence-electron chi connectivity index (χ2n) is 8.42. The number of amides is 1. The normalized spacial score (nSPS) is 24.3. The van der Waals surface area contributed by atoms with Crippen molar-refractivity contribution in [3.8, 4) is 11.1 Å². The zero-order valence-corrected chi connectivity index (χ0v) is 17.8. The molecule has 1 N–H and O–H groups in total. The van der Waals surface area contributed by atoms with E-state index in [2.05, 4.69) is 48.0 Å². The van der Waals surface area contributed by atoms with Gasteiger partial charge in [0.05, 0.1) is 6.26 Å². The SMILES string of the molecule is Cc1ccc(-c2ccccc2[C@@H]2C[C@H]2C(=O)N2CCC[C@@H](NS(C)(=O)=O)C2)cc1. The molecular weight excluding hydrogens is 384 g/mol. The Morgan fingerprint density at radius 2 is 1.83 bits per heavy atom. The molecule has 2 aliphatic rings. The van der Waals surface area contributed by atoms with Crippen molar-refractivity contribution in [3.05, 3.63) is 59.7 Å². The first-order valence-corrected chi connectivity index (χ1v) is 12.1. The predicted molar refractivity (Wildman–Crippen MR) is 115 cm³/mol. The van der Waals surface area contributed by atoms with Crippen LogP contribution in [-0.2, 0) is 14.8 Å². The van der Waals surface area contributed by atoms with Crippen molar-refractivity contribution >= 4 is 15.9 Å². The van der Waals surface area contributed by atoms with Crippen molar-refractivity contribution in [3.63, 3.8) is 0 Å². The minimum absolute atomic E-state index is 0.00131. The molecule has 1 aliphatic carbocycles. The van der Waals surface area contributed by atoms with Gasteiger partial charge in [0.25, 0.3) is 0 Å². The maximum Gasteiger partial charge on any atom is 0.226 e. The van der Waals surface area contributed by atoms with Crippen LogP contribution in [0.4, 0.5) is 0 Å². The number of hydrogen-bond donors (Lipinski definition) is 1. The number of benzene rings is 2. The highest BCUT2D eigenvalue weighted by Crippen LogP contribution is 2.51. The molecule has 2 aromatic rings. The van der Waals surface area contributed by atoms with E-state index in [9.17, 15) is 13.2 Å². The third-order valence-corrected chi connectivity index (χ3v) is 6.71. The molecular formula is C23H28N2O3S. The van der Waals surface area contributed by atoms with Gasteiger partial charge in [-0.05, 0) is 48.8 Å². The molecule has 154 valence electrons. The van der Waals surface area contributed by atoms with Crippen LogP contribution in [0.5, 0.6) is 0 Å². The Balaban J connectivity index is 1.47. The summed E-state index contributed by atoms with van der Waals surface area (Å²) in [5.74, 6) is 0.399. The number of nitrogens with zero attached hydrogens (tertiary/aromatic N) is 1. The molecule has 5 nitrogen and oxygen atoms in total. The second kappa shape index (κ2) is 7.92. The third-order valence-electron chi connectivity index (χ3n) is 5.94. The predicted octanol–water partition coefficient (Wildman–Crippen LogP) is 3.31. The molecule has 0 aromatic heterocycles. The Labute approximate surface area is 173 Å². The molecule has 4 rings (SSSR count). The van der Waals surface area contributed by atoms with Crippen molar-refractivity contribution in [1.82, 2.24) is 9.62 Å². The zero-order valence-electron chi connectivity index (χ0n) is 17.0. The fourth-order valence-corrected chi connectivity index (χ4v) is 5.24. The largest absolute Gasteiger partial charge is 0.341 e. The average Bonchev–Trinajstić information content (AvgIpc) is 3.48. The van der Waals surface area contributed by atoms with Gasteiger partial charge >= 0.3 is 0 Å². The first kappa shape index (κ1) is 20.1. The van der Waals surface area contributed by atoms with Crippen LogP contribution in [-0.4, -0.2) is 44.6 Å². The summed E-state index contributed by atoms with van der Waals surface area (Å²) < 4.78 is 25.7. The van der Waals surface area contributed by atoms with Gasteiger partial charge in [-0.2, -0.15) is 0 Å². The lowest BCUT2D eigenvalue weighted by molar-refractivity contribution is -0.133. The van der Waals surface area contributed by atoms with E-state index in [-0.39, 0.29) is 23.8 Å². The van der Waals surface area contributed by atoms with Gasteiger partial charge in [-0.1, -0.05) is 54.1 Å². The number of rotatable bonds is 5. The maximum absolute atomic E-state index is 13.1. The minimum atomic E-state index is -3.26. The van der Waals surface area contributed by atoms with Crippen LogP contribution in [0.3, 0.4) is 0 Å². The summed E-state index contributed by atoms with van der Waals surface area (Å²) in [5.41, 5.74) is 4.84. The van der Waals surface area contributed by atoms with E-state index in [0.717, 1.165) is 19.3 Å². The number of piperidine rings is 1. The Hall–Kier alpha value is -2.18. The molecule has 1 amide bonds. The molecule has 1 aliphatic heterocycles. The molecule has 6 heteroatoms. The number of aryl methyl sites for hydroxylation is 1. The van der Waals surface area contributed by atoms with E-state index in [1.807, 2.05) is 17.0 Å². The lowest BCUT2D eigenvalue weighted by Gasteiger charge is -2.33. The van der Waals surface area contributed by atoms with Crippen LogP contribution in [0, 0.1) is 12.8 Å². The fraction of sp³-hybridized carbons (Fsp3) is 0.435. The van der Waals surface area contributed by atoms with E-state index in [4.69, 9.17) is 0 Å². The molecule has 0 radical (unpaired) electrons. The van der Waals surface area contributed by atoms with E-state index in [0.29, 0.717) is 13.1 Å². The van der Waals surface area contributed by atoms with Crippen LogP contribution in [0.1, 0.15) is 36.3 Å². The van der Waals surface area contributed by atoms with Gasteiger partial charge in [-0.3, -0.25) is 4.79 Å². The number of sulfonamides is 1. The number of likely N-dealkylation sites (tertiary alicyclic amines) is 1. The molecule has 29 heavy (non-hydrogen) atoms. The molecule has 2 fully saturated rings. The first-order valence-electron chi connectivity index (χ1n) is 10.2. The van der Waals surface area contributed by atoms with Gasteiger partial charge in [0.2, 0.25) is 15.9 Å². The van der Waals surface area contributed by atoms with Crippen molar-refractivity contribution in [2.75, 3.05) is 19.3 Å². The highest BCUT2D eigenvalue weighted by Gasteiger charge is 2.47. The van der Waals surface area contributed by atoms with E-state index in [1.165, 1.54) is 28.5 Å². The molecule has 3 atom stereocenters. The fourth-order valence-electron chi connectivity index (χ4n) is 4.44. The third kappa shape index (κ3) is 4.70. The van der Waals surface area contributed by atoms with Gasteiger partial charge < -0.3 is 4.90 Å². The highest BCUT2D eigenvalue weighted by molar-refractivity contribution is 7.88. The molecule has 0 bridgehead atoms. The summed E-state index contributed by atoms with van der Waals surface area (Å²) in [7, 11) is -3.26. The van der Waals surface area contributed by atoms with Gasteiger partial charge in [-0.15, -0.1) is 0 Å². The average molecular weight is 413 g/mol. The van der Waals surface area contributed by atoms with Crippen LogP contribution >= 0.6 is 0 Å². The van der Waals surface area contributed by atoms with Gasteiger partial charge in [0.15, 0.2) is 0 Å². The topological polar surface area (TPSA) is 66.5 Å². The van der Waals surface area contributed by atoms with Gasteiger partial charge in [0.1, 0.15) is 0 Å². The quantitative estimate of drug-likeness (QED) is 0.819. The number of hydrogen-bond acceptors (Lipinski definition) is 3. The van der Waals surface area contributed by atoms with Crippen LogP contribution < -0.4 is 4.72 Å². The summed E-state index contributed by atoms with van der Waals surface area (Å²) in [6, 6.07) is 16.7. The summed E-state index contributed by atoms with van der Waals surface area (Å²) in [4.78, 5) is 14.9. The van der Waals surface area contributed by atoms with E-state index >= 15 is 0 Å². The van der Waals surface area contributed by atoms with Crippen molar-refractivity contribution < 1.29 is 13.2 Å². The number of carbonyl (C=O) groups is 1. The smallest absolute Gasteiger partial charge is 0.226 e. The molecule has 1 saturated carbocycles. The van der Waals surface area contributed by atoms with Crippen molar-refractivity contribution in [2.45, 2.75) is 38.1 Å². The lowest BCUT2D eigenvalue weighted by atomic mass is 9.95. The van der Waals surface area contributed by atoms with Crippen LogP contribution in [0.25, 0.3) is 11.1 Å². The van der Waals surface area contributed by atoms with E-state index in [1.54, 1.807) is 0 Å². The van der Waals surface area contributed by atoms with E-state index < -0.39 is 10.0 Å². The van der Waals surface area contributed by atoms with Crippen LogP contribution in [0.2, 0.25) is 0 Å². The highest BCUT2D eigenvalue weighted by atomic mass is 32.2. The molecule has 1 saturated heterocycles. The molecule has 1 heterocycles. The van der Waals surface area contributed by atoms with Gasteiger partial charge in [0, 0.05) is 25.0 Å². The summed E-state index contributed by atoms with van der Waals surface area (Å²) in [6.45, 7) is 3.26. The summed E-state index contributed by atoms with van der Waals surface area (Å²) >= 11 is 0. The first-order chi connectivity index (χ1) is 13.8. The lowest BCUT2D eigenvalue weighted by Crippen LogP contribution is -2.49. The summed E-state index contributed by atoms with van der Waals surface area (Å²) in [6.07, 6.45) is 3.65. The Bertz CT molecular complexity index is 1000. The Kier molecular flexibility index (Phi) is 5.49. The summed E-state index contributed by atoms with van der Waals surface area (Å²) in [5, 5.41) is 0. The molecule has 0 spiro atoms. The minimum Gasteiger partial charge on any atom is -0.341 e. The maximum atomic E-state index is 13.1. The number of nitrogens with one attached hydrogen (secondary N) is 1. The van der Waals surface area contributed by atoms with Crippen molar-refractivity contribution in [2.24, 2.45) is 5.92 Å². The van der Waals surface area contributed by atoms with Crippen molar-refractivity contribution in [1.29, 1.82) is 0 Å². The number of carbonyl (C=O) groups excluding carboxylic acids is 1. The Morgan fingerprint density at radius 3 is 2.55 bits per heavy atom. The monoisotopic (exact) mass is 412 g/mol. The second-order valence-corrected chi connectivity index (χ2v) is 10.2. The molecule has 0 unspecified atom stereocenters. The van der Waals surface area contributed by atoms with Gasteiger partial charge in [-0.25, -0.2) is 13.1 Å². The van der Waals surface area contributed by atoms with Crippen LogP contribution in [0.15, 0.2) is 48.5 Å². The standard InChI is InChI=1S/C23H28N2O3S/c1-16-9-11-17(12-10-16)19-7-3-4-8-20(19)21-14-22(21)23(26)25-13-5-6-18(15-25)24-29(2,27)28/h3-4,7-12,18,21-22,24H,5-6,13-15H2,1-2H3/t18-,21+,22-/m1/s1. The zero-order chi connectivity index (χ0) is 20.6. The Morgan fingerprint density at radius 1 is 1.10 bits per heavy atom. The molecule has 2 aromatic carbocycles.